The van der Waals surface area contributed by atoms with Gasteiger partial charge in [0.15, 0.2) is 0 Å². The van der Waals surface area contributed by atoms with E-state index in [0.717, 1.165) is 20.0 Å². The topological polar surface area (TPSA) is 27.8 Å². The predicted molar refractivity (Wildman–Crippen MR) is 78.2 cm³/mol. The average Bonchev–Trinajstić information content (AvgIpc) is 2.68. The first-order valence-corrected chi connectivity index (χ1v) is 6.98. The molecule has 0 bridgehead atoms. The van der Waals surface area contributed by atoms with Crippen molar-refractivity contribution in [2.45, 2.75) is 25.6 Å². The fourth-order valence-corrected chi connectivity index (χ4v) is 2.51. The molecular weight excluding hydrogens is 368 g/mol. The maximum absolute atomic E-state index is 12.1. The van der Waals surface area contributed by atoms with Crippen molar-refractivity contribution in [3.05, 3.63) is 33.5 Å². The quantitative estimate of drug-likeness (QED) is 0.773. The molecule has 0 saturated heterocycles. The summed E-state index contributed by atoms with van der Waals surface area (Å²) in [7, 11) is 0. The first-order valence-electron chi connectivity index (χ1n) is 5.91. The molecule has 1 aromatic carbocycles. The van der Waals surface area contributed by atoms with Crippen LogP contribution in [0.4, 0.5) is 13.2 Å². The molecule has 2 nitrogen and oxygen atoms in total. The number of hydrogen-bond acceptors (Lipinski definition) is 1. The summed E-state index contributed by atoms with van der Waals surface area (Å²) in [5, 5.41) is 3.57. The smallest absolute Gasteiger partial charge is 0.361 e. The molecule has 0 aliphatic rings. The summed E-state index contributed by atoms with van der Waals surface area (Å²) in [5.41, 5.74) is 2.05. The second kappa shape index (κ2) is 5.70. The second-order valence-electron chi connectivity index (χ2n) is 4.61. The Bertz CT molecular complexity index is 563. The van der Waals surface area contributed by atoms with Gasteiger partial charge in [-0.3, -0.25) is 0 Å². The van der Waals surface area contributed by atoms with Gasteiger partial charge in [-0.2, -0.15) is 13.2 Å². The molecule has 0 aliphatic heterocycles. The molecule has 0 saturated carbocycles. The molecule has 0 aliphatic carbocycles. The van der Waals surface area contributed by atoms with Crippen molar-refractivity contribution < 1.29 is 13.2 Å². The fraction of sp³-hybridized carbons (Fsp3) is 0.385. The van der Waals surface area contributed by atoms with E-state index >= 15 is 0 Å². The van der Waals surface area contributed by atoms with Crippen LogP contribution in [0.5, 0.6) is 0 Å². The number of halogens is 4. The lowest BCUT2D eigenvalue weighted by molar-refractivity contribution is -0.126. The van der Waals surface area contributed by atoms with Crippen molar-refractivity contribution in [2.75, 3.05) is 6.54 Å². The summed E-state index contributed by atoms with van der Waals surface area (Å²) in [5.74, 6) is 0. The first-order chi connectivity index (χ1) is 8.85. The summed E-state index contributed by atoms with van der Waals surface area (Å²) < 4.78 is 37.5. The van der Waals surface area contributed by atoms with Crippen LogP contribution >= 0.6 is 22.6 Å². The highest BCUT2D eigenvalue weighted by molar-refractivity contribution is 14.1. The van der Waals surface area contributed by atoms with Gasteiger partial charge in [-0.1, -0.05) is 6.07 Å². The number of nitrogens with one attached hydrogen (secondary N) is 2. The van der Waals surface area contributed by atoms with Crippen molar-refractivity contribution >= 4 is 33.5 Å². The summed E-state index contributed by atoms with van der Waals surface area (Å²) >= 11 is 2.23. The maximum atomic E-state index is 12.1. The van der Waals surface area contributed by atoms with Gasteiger partial charge >= 0.3 is 6.18 Å². The Morgan fingerprint density at radius 1 is 1.37 bits per heavy atom. The van der Waals surface area contributed by atoms with Crippen molar-refractivity contribution in [1.82, 2.24) is 10.3 Å². The molecule has 1 aromatic heterocycles. The molecule has 2 aromatic rings. The zero-order valence-electron chi connectivity index (χ0n) is 10.3. The minimum Gasteiger partial charge on any atom is -0.361 e. The van der Waals surface area contributed by atoms with E-state index in [0.29, 0.717) is 6.42 Å². The molecule has 1 atom stereocenters. The molecule has 104 valence electrons. The Morgan fingerprint density at radius 2 is 2.11 bits per heavy atom. The molecule has 0 unspecified atom stereocenters. The van der Waals surface area contributed by atoms with Crippen LogP contribution in [0.2, 0.25) is 0 Å². The third-order valence-corrected chi connectivity index (χ3v) is 3.58. The normalized spacial score (nSPS) is 13.9. The fourth-order valence-electron chi connectivity index (χ4n) is 2.02. The number of rotatable bonds is 4. The SMILES string of the molecule is C[C@H](Cc1c[nH]c2cc(I)ccc12)NCC(F)(F)F. The van der Waals surface area contributed by atoms with Crippen molar-refractivity contribution in [3.63, 3.8) is 0 Å². The predicted octanol–water partition coefficient (Wildman–Crippen LogP) is 3.86. The Hall–Kier alpha value is -0.760. The number of H-pyrrole nitrogens is 1. The van der Waals surface area contributed by atoms with Crippen LogP contribution in [0.25, 0.3) is 10.9 Å². The highest BCUT2D eigenvalue weighted by atomic mass is 127. The highest BCUT2D eigenvalue weighted by Gasteiger charge is 2.27. The van der Waals surface area contributed by atoms with Crippen molar-refractivity contribution in [3.8, 4) is 0 Å². The van der Waals surface area contributed by atoms with Crippen LogP contribution in [0.3, 0.4) is 0 Å². The lowest BCUT2D eigenvalue weighted by Crippen LogP contribution is -2.36. The Morgan fingerprint density at radius 3 is 2.79 bits per heavy atom. The largest absolute Gasteiger partial charge is 0.401 e. The number of alkyl halides is 3. The van der Waals surface area contributed by atoms with Crippen molar-refractivity contribution in [1.29, 1.82) is 0 Å². The van der Waals surface area contributed by atoms with Gasteiger partial charge in [0.25, 0.3) is 0 Å². The Labute approximate surface area is 122 Å². The van der Waals surface area contributed by atoms with Gasteiger partial charge in [-0.25, -0.2) is 0 Å². The van der Waals surface area contributed by atoms with E-state index in [1.807, 2.05) is 24.4 Å². The zero-order chi connectivity index (χ0) is 14.0. The first kappa shape index (κ1) is 14.6. The third-order valence-electron chi connectivity index (χ3n) is 2.91. The number of hydrogen-bond donors (Lipinski definition) is 2. The lowest BCUT2D eigenvalue weighted by Gasteiger charge is -2.15. The molecule has 0 fully saturated rings. The standard InChI is InChI=1S/C13H14F3IN2/c1-8(19-7-13(14,15)16)4-9-6-18-12-5-10(17)2-3-11(9)12/h2-3,5-6,8,18-19H,4,7H2,1H3/t8-/m1/s1. The van der Waals surface area contributed by atoms with Crippen LogP contribution < -0.4 is 5.32 Å². The summed E-state index contributed by atoms with van der Waals surface area (Å²) in [6.45, 7) is 0.811. The van der Waals surface area contributed by atoms with Gasteiger partial charge in [0.2, 0.25) is 0 Å². The molecule has 2 N–H and O–H groups in total. The molecule has 0 radical (unpaired) electrons. The minimum absolute atomic E-state index is 0.222. The number of aromatic nitrogens is 1. The van der Waals surface area contributed by atoms with Gasteiger partial charge in [0.1, 0.15) is 0 Å². The average molecular weight is 382 g/mol. The molecule has 0 spiro atoms. The molecule has 19 heavy (non-hydrogen) atoms. The third kappa shape index (κ3) is 4.10. The molecule has 0 amide bonds. The van der Waals surface area contributed by atoms with Crippen LogP contribution in [0, 0.1) is 3.57 Å². The van der Waals surface area contributed by atoms with Crippen LogP contribution in [-0.4, -0.2) is 23.7 Å². The van der Waals surface area contributed by atoms with Gasteiger partial charge in [0.05, 0.1) is 6.54 Å². The van der Waals surface area contributed by atoms with E-state index in [-0.39, 0.29) is 6.04 Å². The summed E-state index contributed by atoms with van der Waals surface area (Å²) in [6, 6.07) is 5.79. The van der Waals surface area contributed by atoms with Crippen molar-refractivity contribution in [2.24, 2.45) is 0 Å². The molecule has 6 heteroatoms. The zero-order valence-corrected chi connectivity index (χ0v) is 12.5. The van der Waals surface area contributed by atoms with E-state index in [9.17, 15) is 13.2 Å². The van der Waals surface area contributed by atoms with Gasteiger partial charge < -0.3 is 10.3 Å². The number of fused-ring (bicyclic) bond motifs is 1. The van der Waals surface area contributed by atoms with E-state index in [2.05, 4.69) is 32.9 Å². The number of benzene rings is 1. The maximum Gasteiger partial charge on any atom is 0.401 e. The van der Waals surface area contributed by atoms with Crippen LogP contribution in [0.1, 0.15) is 12.5 Å². The van der Waals surface area contributed by atoms with E-state index in [4.69, 9.17) is 0 Å². The summed E-state index contributed by atoms with van der Waals surface area (Å²) in [6.07, 6.45) is -1.73. The Kier molecular flexibility index (Phi) is 4.39. The Balaban J connectivity index is 2.05. The van der Waals surface area contributed by atoms with E-state index in [1.54, 1.807) is 6.92 Å². The van der Waals surface area contributed by atoms with Crippen LogP contribution in [-0.2, 0) is 6.42 Å². The van der Waals surface area contributed by atoms with E-state index < -0.39 is 12.7 Å². The summed E-state index contributed by atoms with van der Waals surface area (Å²) in [4.78, 5) is 3.15. The monoisotopic (exact) mass is 382 g/mol. The highest BCUT2D eigenvalue weighted by Crippen LogP contribution is 2.22. The molecule has 1 heterocycles. The minimum atomic E-state index is -4.16. The molecular formula is C13H14F3IN2. The lowest BCUT2D eigenvalue weighted by atomic mass is 10.1. The number of aromatic amines is 1. The van der Waals surface area contributed by atoms with E-state index in [1.165, 1.54) is 0 Å². The van der Waals surface area contributed by atoms with Gasteiger partial charge in [0, 0.05) is 26.7 Å². The van der Waals surface area contributed by atoms with Gasteiger partial charge in [-0.15, -0.1) is 0 Å². The van der Waals surface area contributed by atoms with Crippen LogP contribution in [0.15, 0.2) is 24.4 Å². The van der Waals surface area contributed by atoms with Gasteiger partial charge in [-0.05, 0) is 53.6 Å². The molecule has 2 rings (SSSR count). The second-order valence-corrected chi connectivity index (χ2v) is 5.85.